The standard InChI is InChI=1S/C73H132O6/c1-4-7-10-13-16-19-22-25-27-29-31-33-34-35-36-37-38-40-41-43-45-48-51-54-57-60-63-66-72(75)78-69-70(68-77-71(74)65-62-59-56-53-50-47-24-21-18-15-12-9-6-3)79-73(76)67-64-61-58-55-52-49-46-44-42-39-32-30-28-26-23-20-17-14-11-8-5-2/h7,10,16,19,21,24-25,27,31,33,70H,4-6,8-9,11-15,17-18,20,22-23,26,28-30,32,34-69H2,1-3H3/b10-7-,19-16-,24-21-,27-25-,33-31-. The van der Waals surface area contributed by atoms with E-state index in [2.05, 4.69) is 81.5 Å². The lowest BCUT2D eigenvalue weighted by atomic mass is 10.0. The van der Waals surface area contributed by atoms with Crippen molar-refractivity contribution < 1.29 is 28.6 Å². The quantitative estimate of drug-likeness (QED) is 0.0261. The Labute approximate surface area is 491 Å². The van der Waals surface area contributed by atoms with Crippen molar-refractivity contribution in [1.82, 2.24) is 0 Å². The van der Waals surface area contributed by atoms with Crippen LogP contribution in [0.5, 0.6) is 0 Å². The molecular weight excluding hydrogens is 973 g/mol. The summed E-state index contributed by atoms with van der Waals surface area (Å²) in [5.74, 6) is -0.857. The van der Waals surface area contributed by atoms with Gasteiger partial charge in [-0.2, -0.15) is 0 Å². The molecule has 6 nitrogen and oxygen atoms in total. The minimum atomic E-state index is -0.776. The van der Waals surface area contributed by atoms with E-state index in [1.165, 1.54) is 238 Å². The predicted octanol–water partition coefficient (Wildman–Crippen LogP) is 23.9. The van der Waals surface area contributed by atoms with Crippen LogP contribution < -0.4 is 0 Å². The number of allylic oxidation sites excluding steroid dienone is 10. The molecule has 0 N–H and O–H groups in total. The Morgan fingerprint density at radius 1 is 0.266 bits per heavy atom. The van der Waals surface area contributed by atoms with E-state index < -0.39 is 6.10 Å². The molecular formula is C73H132O6. The van der Waals surface area contributed by atoms with Crippen molar-refractivity contribution in [1.29, 1.82) is 0 Å². The van der Waals surface area contributed by atoms with Gasteiger partial charge in [0.1, 0.15) is 13.2 Å². The van der Waals surface area contributed by atoms with Gasteiger partial charge in [-0.25, -0.2) is 0 Å². The molecule has 0 amide bonds. The van der Waals surface area contributed by atoms with Crippen LogP contribution in [0, 0.1) is 0 Å². The van der Waals surface area contributed by atoms with E-state index in [-0.39, 0.29) is 31.1 Å². The Morgan fingerprint density at radius 3 is 0.797 bits per heavy atom. The summed E-state index contributed by atoms with van der Waals surface area (Å²) in [5, 5.41) is 0. The lowest BCUT2D eigenvalue weighted by Gasteiger charge is -2.18. The highest BCUT2D eigenvalue weighted by molar-refractivity contribution is 5.71. The Hall–Kier alpha value is -2.89. The van der Waals surface area contributed by atoms with Crippen molar-refractivity contribution >= 4 is 17.9 Å². The van der Waals surface area contributed by atoms with Crippen LogP contribution in [0.4, 0.5) is 0 Å². The van der Waals surface area contributed by atoms with Gasteiger partial charge in [0.15, 0.2) is 6.10 Å². The minimum absolute atomic E-state index is 0.0724. The van der Waals surface area contributed by atoms with Gasteiger partial charge in [0.05, 0.1) is 0 Å². The van der Waals surface area contributed by atoms with E-state index in [0.717, 1.165) is 89.9 Å². The number of hydrogen-bond donors (Lipinski definition) is 0. The monoisotopic (exact) mass is 1110 g/mol. The van der Waals surface area contributed by atoms with E-state index in [9.17, 15) is 14.4 Å². The predicted molar refractivity (Wildman–Crippen MR) is 344 cm³/mol. The van der Waals surface area contributed by atoms with E-state index in [1.54, 1.807) is 0 Å². The molecule has 460 valence electrons. The zero-order valence-corrected chi connectivity index (χ0v) is 52.9. The molecule has 0 aliphatic heterocycles. The van der Waals surface area contributed by atoms with Crippen molar-refractivity contribution in [3.05, 3.63) is 60.8 Å². The molecule has 1 unspecified atom stereocenters. The van der Waals surface area contributed by atoms with Gasteiger partial charge in [0, 0.05) is 19.3 Å². The molecule has 79 heavy (non-hydrogen) atoms. The van der Waals surface area contributed by atoms with E-state index >= 15 is 0 Å². The Kier molecular flexibility index (Phi) is 65.1. The van der Waals surface area contributed by atoms with Gasteiger partial charge in [-0.1, -0.05) is 326 Å². The summed E-state index contributed by atoms with van der Waals surface area (Å²) in [7, 11) is 0. The number of carbonyl (C=O) groups excluding carboxylic acids is 3. The number of esters is 3. The third kappa shape index (κ3) is 65.8. The molecule has 0 heterocycles. The first-order chi connectivity index (χ1) is 39.0. The summed E-state index contributed by atoms with van der Waals surface area (Å²) >= 11 is 0. The molecule has 0 fully saturated rings. The van der Waals surface area contributed by atoms with Crippen LogP contribution in [-0.2, 0) is 28.6 Å². The topological polar surface area (TPSA) is 78.9 Å². The van der Waals surface area contributed by atoms with Gasteiger partial charge >= 0.3 is 17.9 Å². The van der Waals surface area contributed by atoms with Crippen LogP contribution in [-0.4, -0.2) is 37.2 Å². The fourth-order valence-electron chi connectivity index (χ4n) is 10.3. The Bertz CT molecular complexity index is 1410. The fraction of sp³-hybridized carbons (Fsp3) is 0.822. The lowest BCUT2D eigenvalue weighted by molar-refractivity contribution is -0.167. The second-order valence-corrected chi connectivity index (χ2v) is 23.4. The maximum atomic E-state index is 12.9. The summed E-state index contributed by atoms with van der Waals surface area (Å²) < 4.78 is 17.0. The number of ether oxygens (including phenoxy) is 3. The minimum Gasteiger partial charge on any atom is -0.462 e. The molecule has 6 heteroatoms. The zero-order valence-electron chi connectivity index (χ0n) is 52.9. The van der Waals surface area contributed by atoms with Crippen molar-refractivity contribution in [2.45, 2.75) is 374 Å². The molecule has 0 saturated heterocycles. The van der Waals surface area contributed by atoms with E-state index in [0.29, 0.717) is 19.3 Å². The first kappa shape index (κ1) is 76.1. The summed E-state index contributed by atoms with van der Waals surface area (Å²) in [6.45, 7) is 6.57. The third-order valence-corrected chi connectivity index (χ3v) is 15.5. The molecule has 0 aromatic heterocycles. The molecule has 0 bridgehead atoms. The van der Waals surface area contributed by atoms with Gasteiger partial charge in [-0.3, -0.25) is 14.4 Å². The molecule has 0 aromatic rings. The summed E-state index contributed by atoms with van der Waals surface area (Å²) in [5.41, 5.74) is 0. The first-order valence-corrected chi connectivity index (χ1v) is 34.8. The van der Waals surface area contributed by atoms with Crippen LogP contribution in [0.1, 0.15) is 367 Å². The second-order valence-electron chi connectivity index (χ2n) is 23.4. The average molecular weight is 1110 g/mol. The van der Waals surface area contributed by atoms with Gasteiger partial charge in [0.2, 0.25) is 0 Å². The highest BCUT2D eigenvalue weighted by Gasteiger charge is 2.19. The Balaban J connectivity index is 4.24. The van der Waals surface area contributed by atoms with Crippen LogP contribution >= 0.6 is 0 Å². The third-order valence-electron chi connectivity index (χ3n) is 15.5. The molecule has 0 spiro atoms. The first-order valence-electron chi connectivity index (χ1n) is 34.8. The Morgan fingerprint density at radius 2 is 0.494 bits per heavy atom. The van der Waals surface area contributed by atoms with Gasteiger partial charge in [-0.15, -0.1) is 0 Å². The van der Waals surface area contributed by atoms with Crippen LogP contribution in [0.15, 0.2) is 60.8 Å². The SMILES string of the molecule is CC/C=C\C/C=C\C/C=C\C/C=C\CCCCCCCCCCCCCCCCC(=O)OCC(COC(=O)CCCCCCC/C=C\CCCCCC)OC(=O)CCCCCCCCCCCCCCCCCCCCCCC. The molecule has 1 atom stereocenters. The highest BCUT2D eigenvalue weighted by Crippen LogP contribution is 2.18. The zero-order chi connectivity index (χ0) is 57.1. The highest BCUT2D eigenvalue weighted by atomic mass is 16.6. The van der Waals surface area contributed by atoms with Crippen molar-refractivity contribution in [2.75, 3.05) is 13.2 Å². The average Bonchev–Trinajstić information content (AvgIpc) is 3.45. The number of hydrogen-bond acceptors (Lipinski definition) is 6. The fourth-order valence-corrected chi connectivity index (χ4v) is 10.3. The molecule has 0 aliphatic carbocycles. The molecule has 0 rings (SSSR count). The smallest absolute Gasteiger partial charge is 0.306 e. The molecule has 0 radical (unpaired) electrons. The summed E-state index contributed by atoms with van der Waals surface area (Å²) in [6, 6.07) is 0. The van der Waals surface area contributed by atoms with Crippen molar-refractivity contribution in [2.24, 2.45) is 0 Å². The van der Waals surface area contributed by atoms with Crippen molar-refractivity contribution in [3.8, 4) is 0 Å². The van der Waals surface area contributed by atoms with Gasteiger partial charge < -0.3 is 14.2 Å². The molecule has 0 aliphatic rings. The van der Waals surface area contributed by atoms with E-state index in [4.69, 9.17) is 14.2 Å². The molecule has 0 aromatic carbocycles. The maximum Gasteiger partial charge on any atom is 0.306 e. The summed E-state index contributed by atoms with van der Waals surface area (Å²) in [6.07, 6.45) is 86.7. The van der Waals surface area contributed by atoms with Crippen molar-refractivity contribution in [3.63, 3.8) is 0 Å². The van der Waals surface area contributed by atoms with Crippen LogP contribution in [0.25, 0.3) is 0 Å². The second kappa shape index (κ2) is 67.6. The number of rotatable bonds is 64. The van der Waals surface area contributed by atoms with Gasteiger partial charge in [-0.05, 0) is 83.5 Å². The van der Waals surface area contributed by atoms with Gasteiger partial charge in [0.25, 0.3) is 0 Å². The number of unbranched alkanes of at least 4 members (excludes halogenated alkanes) is 43. The lowest BCUT2D eigenvalue weighted by Crippen LogP contribution is -2.30. The maximum absolute atomic E-state index is 12.9. The largest absolute Gasteiger partial charge is 0.462 e. The van der Waals surface area contributed by atoms with Crippen LogP contribution in [0.3, 0.4) is 0 Å². The summed E-state index contributed by atoms with van der Waals surface area (Å²) in [4.78, 5) is 38.4. The number of carbonyl (C=O) groups is 3. The van der Waals surface area contributed by atoms with Crippen LogP contribution in [0.2, 0.25) is 0 Å². The normalized spacial score (nSPS) is 12.4. The molecule has 0 saturated carbocycles. The van der Waals surface area contributed by atoms with E-state index in [1.807, 2.05) is 0 Å².